The zero-order chi connectivity index (χ0) is 17.7. The van der Waals surface area contributed by atoms with E-state index in [0.29, 0.717) is 0 Å². The minimum Gasteiger partial charge on any atom is -0.142 e. The average molecular weight is 427 g/mol. The van der Waals surface area contributed by atoms with Crippen LogP contribution in [0.1, 0.15) is 11.1 Å². The molecule has 0 aliphatic carbocycles. The molecule has 0 bridgehead atoms. The molecule has 0 amide bonds. The molecule has 2 aromatic carbocycles. The molecule has 2 aromatic rings. The summed E-state index contributed by atoms with van der Waals surface area (Å²) in [5.74, 6) is 0. The molecule has 0 N–H and O–H groups in total. The van der Waals surface area contributed by atoms with E-state index in [2.05, 4.69) is 74.8 Å². The SMILES string of the molecule is CSc1cc(/C=C/C=C/c2cc(S)c(S)c(SC)c2)cc(S)c1S. The quantitative estimate of drug-likeness (QED) is 0.231. The lowest BCUT2D eigenvalue weighted by Crippen LogP contribution is -1.82. The Kier molecular flexibility index (Phi) is 8.17. The van der Waals surface area contributed by atoms with Crippen LogP contribution in [-0.4, -0.2) is 12.5 Å². The van der Waals surface area contributed by atoms with Gasteiger partial charge in [-0.1, -0.05) is 24.3 Å². The van der Waals surface area contributed by atoms with Crippen molar-refractivity contribution in [2.24, 2.45) is 0 Å². The molecule has 126 valence electrons. The first kappa shape index (κ1) is 20.3. The van der Waals surface area contributed by atoms with Gasteiger partial charge in [0.25, 0.3) is 0 Å². The highest BCUT2D eigenvalue weighted by molar-refractivity contribution is 7.99. The lowest BCUT2D eigenvalue weighted by atomic mass is 10.2. The van der Waals surface area contributed by atoms with Crippen molar-refractivity contribution in [3.63, 3.8) is 0 Å². The van der Waals surface area contributed by atoms with Crippen LogP contribution in [0.25, 0.3) is 12.2 Å². The van der Waals surface area contributed by atoms with Gasteiger partial charge in [0.15, 0.2) is 0 Å². The number of rotatable bonds is 5. The maximum atomic E-state index is 4.48. The minimum atomic E-state index is 0.891. The van der Waals surface area contributed by atoms with E-state index in [1.54, 1.807) is 23.5 Å². The van der Waals surface area contributed by atoms with Crippen LogP contribution in [-0.2, 0) is 0 Å². The molecular weight excluding hydrogens is 409 g/mol. The summed E-state index contributed by atoms with van der Waals surface area (Å²) in [6, 6.07) is 8.26. The molecule has 24 heavy (non-hydrogen) atoms. The third-order valence-electron chi connectivity index (χ3n) is 3.28. The van der Waals surface area contributed by atoms with Crippen LogP contribution in [0.3, 0.4) is 0 Å². The van der Waals surface area contributed by atoms with Crippen LogP contribution in [0.5, 0.6) is 0 Å². The third kappa shape index (κ3) is 5.26. The van der Waals surface area contributed by atoms with Crippen molar-refractivity contribution < 1.29 is 0 Å². The summed E-state index contributed by atoms with van der Waals surface area (Å²) in [7, 11) is 0. The predicted octanol–water partition coefficient (Wildman–Crippen LogP) is 7.01. The lowest BCUT2D eigenvalue weighted by molar-refractivity contribution is 1.13. The van der Waals surface area contributed by atoms with Crippen LogP contribution in [0.4, 0.5) is 0 Å². The van der Waals surface area contributed by atoms with E-state index in [0.717, 1.165) is 40.5 Å². The summed E-state index contributed by atoms with van der Waals surface area (Å²) in [4.78, 5) is 5.89. The number of hydrogen-bond acceptors (Lipinski definition) is 6. The summed E-state index contributed by atoms with van der Waals surface area (Å²) in [6.45, 7) is 0. The zero-order valence-electron chi connectivity index (χ0n) is 13.2. The average Bonchev–Trinajstić information content (AvgIpc) is 2.57. The Morgan fingerprint density at radius 3 is 1.38 bits per heavy atom. The first-order valence-electron chi connectivity index (χ1n) is 7.01. The van der Waals surface area contributed by atoms with Gasteiger partial charge in [0.1, 0.15) is 0 Å². The Hall–Kier alpha value is 0.0200. The molecule has 0 aromatic heterocycles. The highest BCUT2D eigenvalue weighted by Gasteiger charge is 2.04. The van der Waals surface area contributed by atoms with Gasteiger partial charge in [-0.2, -0.15) is 0 Å². The highest BCUT2D eigenvalue weighted by Crippen LogP contribution is 2.32. The second kappa shape index (κ2) is 9.64. The maximum absolute atomic E-state index is 4.48. The van der Waals surface area contributed by atoms with Gasteiger partial charge in [-0.25, -0.2) is 0 Å². The molecule has 0 radical (unpaired) electrons. The van der Waals surface area contributed by atoms with Crippen molar-refractivity contribution in [2.75, 3.05) is 12.5 Å². The van der Waals surface area contributed by atoms with Crippen molar-refractivity contribution in [3.05, 3.63) is 47.5 Å². The molecule has 6 heteroatoms. The smallest absolute Gasteiger partial charge is 0.0311 e. The van der Waals surface area contributed by atoms with Crippen molar-refractivity contribution in [1.82, 2.24) is 0 Å². The normalized spacial score (nSPS) is 11.8. The zero-order valence-corrected chi connectivity index (χ0v) is 18.4. The first-order chi connectivity index (χ1) is 11.5. The van der Waals surface area contributed by atoms with Gasteiger partial charge in [-0.3, -0.25) is 0 Å². The molecule has 0 saturated carbocycles. The van der Waals surface area contributed by atoms with E-state index >= 15 is 0 Å². The van der Waals surface area contributed by atoms with Crippen LogP contribution in [0.15, 0.2) is 65.8 Å². The monoisotopic (exact) mass is 426 g/mol. The molecule has 0 saturated heterocycles. The standard InChI is InChI=1S/C18H18S6/c1-23-15-9-11(7-13(19)17(15)21)5-3-4-6-12-8-14(20)18(22)16(10-12)24-2/h3-10,19-22H,1-2H3/b5-3+,6-4+. The van der Waals surface area contributed by atoms with Crippen molar-refractivity contribution >= 4 is 86.2 Å². The van der Waals surface area contributed by atoms with Crippen LogP contribution >= 0.6 is 74.0 Å². The van der Waals surface area contributed by atoms with Gasteiger partial charge in [0.05, 0.1) is 0 Å². The number of hydrogen-bond donors (Lipinski definition) is 4. The molecule has 0 aliphatic heterocycles. The molecule has 0 aliphatic rings. The number of thiol groups is 4. The molecule has 0 fully saturated rings. The largest absolute Gasteiger partial charge is 0.142 e. The Morgan fingerprint density at radius 2 is 1.04 bits per heavy atom. The maximum Gasteiger partial charge on any atom is 0.0311 e. The molecular formula is C18H18S6. The van der Waals surface area contributed by atoms with Gasteiger partial charge in [-0.15, -0.1) is 74.0 Å². The number of thioether (sulfide) groups is 2. The Balaban J connectivity index is 2.19. The Bertz CT molecular complexity index is 725. The van der Waals surface area contributed by atoms with Crippen molar-refractivity contribution in [2.45, 2.75) is 29.4 Å². The molecule has 0 spiro atoms. The van der Waals surface area contributed by atoms with E-state index in [4.69, 9.17) is 0 Å². The van der Waals surface area contributed by atoms with Crippen LogP contribution in [0, 0.1) is 0 Å². The summed E-state index contributed by atoms with van der Waals surface area (Å²) in [6.07, 6.45) is 12.3. The van der Waals surface area contributed by atoms with E-state index < -0.39 is 0 Å². The van der Waals surface area contributed by atoms with Gasteiger partial charge >= 0.3 is 0 Å². The van der Waals surface area contributed by atoms with Crippen LogP contribution in [0.2, 0.25) is 0 Å². The fourth-order valence-corrected chi connectivity index (χ4v) is 4.68. The Labute approximate surface area is 174 Å². The summed E-state index contributed by atoms with van der Waals surface area (Å²) in [5.41, 5.74) is 2.22. The fraction of sp³-hybridized carbons (Fsp3) is 0.111. The molecule has 0 nitrogen and oxygen atoms in total. The van der Waals surface area contributed by atoms with Crippen molar-refractivity contribution in [1.29, 1.82) is 0 Å². The summed E-state index contributed by atoms with van der Waals surface area (Å²) >= 11 is 21.3. The van der Waals surface area contributed by atoms with Gasteiger partial charge in [0.2, 0.25) is 0 Å². The van der Waals surface area contributed by atoms with Crippen molar-refractivity contribution in [3.8, 4) is 0 Å². The van der Waals surface area contributed by atoms with E-state index in [1.165, 1.54) is 0 Å². The fourth-order valence-electron chi connectivity index (χ4n) is 2.06. The van der Waals surface area contributed by atoms with Crippen LogP contribution < -0.4 is 0 Å². The molecule has 2 rings (SSSR count). The summed E-state index contributed by atoms with van der Waals surface area (Å²) in [5, 5.41) is 0. The molecule has 0 heterocycles. The molecule has 0 atom stereocenters. The highest BCUT2D eigenvalue weighted by atomic mass is 32.2. The third-order valence-corrected chi connectivity index (χ3v) is 7.13. The van der Waals surface area contributed by atoms with Gasteiger partial charge in [-0.05, 0) is 47.9 Å². The van der Waals surface area contributed by atoms with Gasteiger partial charge in [0, 0.05) is 29.4 Å². The second-order valence-electron chi connectivity index (χ2n) is 4.90. The first-order valence-corrected chi connectivity index (χ1v) is 11.2. The van der Waals surface area contributed by atoms with E-state index in [1.807, 2.05) is 36.8 Å². The predicted molar refractivity (Wildman–Crippen MR) is 124 cm³/mol. The van der Waals surface area contributed by atoms with E-state index in [9.17, 15) is 0 Å². The Morgan fingerprint density at radius 1 is 0.667 bits per heavy atom. The lowest BCUT2D eigenvalue weighted by Gasteiger charge is -2.06. The summed E-state index contributed by atoms with van der Waals surface area (Å²) < 4.78 is 0. The molecule has 0 unspecified atom stereocenters. The minimum absolute atomic E-state index is 0.891. The van der Waals surface area contributed by atoms with Gasteiger partial charge < -0.3 is 0 Å². The number of benzene rings is 2. The second-order valence-corrected chi connectivity index (χ2v) is 8.45. The van der Waals surface area contributed by atoms with E-state index in [-0.39, 0.29) is 0 Å². The topological polar surface area (TPSA) is 0 Å². The number of allylic oxidation sites excluding steroid dienone is 2.